The number of anilines is 2. The van der Waals surface area contributed by atoms with Crippen LogP contribution < -0.4 is 26.2 Å². The smallest absolute Gasteiger partial charge is 0.411 e. The quantitative estimate of drug-likeness (QED) is 0.0519. The van der Waals surface area contributed by atoms with Gasteiger partial charge in [-0.25, -0.2) is 4.79 Å². The van der Waals surface area contributed by atoms with Crippen molar-refractivity contribution in [3.05, 3.63) is 119 Å². The van der Waals surface area contributed by atoms with Crippen LogP contribution in [0.4, 0.5) is 16.2 Å². The number of pyridine rings is 1. The van der Waals surface area contributed by atoms with Gasteiger partial charge < -0.3 is 45.1 Å². The number of fused-ring (bicyclic) bond motifs is 1. The molecule has 1 aliphatic heterocycles. The molecule has 0 bridgehead atoms. The van der Waals surface area contributed by atoms with E-state index in [1.165, 1.54) is 12.1 Å². The van der Waals surface area contributed by atoms with E-state index >= 15 is 0 Å². The number of para-hydroxylation sites is 1. The summed E-state index contributed by atoms with van der Waals surface area (Å²) in [5.41, 5.74) is 3.81. The number of phenolic OH excluding ortho intramolecular Hbond substituents is 1. The largest absolute Gasteiger partial charge is 0.506 e. The molecule has 6 N–H and O–H groups in total. The highest BCUT2D eigenvalue weighted by atomic mass is 16.6. The summed E-state index contributed by atoms with van der Waals surface area (Å²) in [4.78, 5) is 56.5. The number of hydrogen-bond donors (Lipinski definition) is 6. The minimum absolute atomic E-state index is 0.0195. The maximum absolute atomic E-state index is 12.9. The number of benzene rings is 4. The predicted molar refractivity (Wildman–Crippen MR) is 232 cm³/mol. The number of aromatic amines is 1. The van der Waals surface area contributed by atoms with Crippen LogP contribution in [0.5, 0.6) is 11.5 Å². The third-order valence-corrected chi connectivity index (χ3v) is 10.5. The Bertz CT molecular complexity index is 2260. The number of aliphatic hydroxyl groups is 1. The number of rotatable bonds is 19. The summed E-state index contributed by atoms with van der Waals surface area (Å²) in [6.45, 7) is 3.83. The summed E-state index contributed by atoms with van der Waals surface area (Å²) in [7, 11) is 1.76. The van der Waals surface area contributed by atoms with Crippen LogP contribution in [0.15, 0.2) is 108 Å². The van der Waals surface area contributed by atoms with E-state index < -0.39 is 12.2 Å². The van der Waals surface area contributed by atoms with Crippen molar-refractivity contribution in [3.63, 3.8) is 0 Å². The predicted octanol–water partition coefficient (Wildman–Crippen LogP) is 6.27. The average Bonchev–Trinajstić information content (AvgIpc) is 3.25. The fourth-order valence-corrected chi connectivity index (χ4v) is 7.22. The van der Waals surface area contributed by atoms with Gasteiger partial charge in [-0.05, 0) is 73.7 Å². The van der Waals surface area contributed by atoms with Crippen molar-refractivity contribution >= 4 is 40.2 Å². The van der Waals surface area contributed by atoms with Crippen LogP contribution in [0, 0.1) is 0 Å². The number of H-pyrrole nitrogens is 1. The molecule has 1 fully saturated rings. The minimum atomic E-state index is -0.846. The summed E-state index contributed by atoms with van der Waals surface area (Å²) in [6.07, 6.45) is 1.70. The number of nitrogens with zero attached hydrogens (tertiary/aromatic N) is 2. The van der Waals surface area contributed by atoms with Crippen molar-refractivity contribution in [2.75, 3.05) is 63.6 Å². The molecule has 316 valence electrons. The first-order valence-corrected chi connectivity index (χ1v) is 20.5. The molecule has 60 heavy (non-hydrogen) atoms. The van der Waals surface area contributed by atoms with Gasteiger partial charge in [-0.1, -0.05) is 60.7 Å². The Labute approximate surface area is 349 Å². The Morgan fingerprint density at radius 2 is 1.68 bits per heavy atom. The lowest BCUT2D eigenvalue weighted by atomic mass is 10.0. The second kappa shape index (κ2) is 21.7. The molecule has 1 atom stereocenters. The van der Waals surface area contributed by atoms with Crippen LogP contribution in [0.1, 0.15) is 50.2 Å². The van der Waals surface area contributed by atoms with Crippen molar-refractivity contribution < 1.29 is 34.1 Å². The van der Waals surface area contributed by atoms with Gasteiger partial charge in [-0.15, -0.1) is 0 Å². The van der Waals surface area contributed by atoms with Gasteiger partial charge in [0.05, 0.1) is 23.9 Å². The molecule has 0 radical (unpaired) electrons. The van der Waals surface area contributed by atoms with E-state index in [1.807, 2.05) is 60.7 Å². The maximum Gasteiger partial charge on any atom is 0.411 e. The topological polar surface area (TPSA) is 186 Å². The number of nitrogens with one attached hydrogen (secondary N) is 4. The zero-order valence-electron chi connectivity index (χ0n) is 33.9. The average molecular weight is 819 g/mol. The van der Waals surface area contributed by atoms with Gasteiger partial charge in [-0.2, -0.15) is 0 Å². The second-order valence-corrected chi connectivity index (χ2v) is 14.9. The molecule has 0 saturated carbocycles. The van der Waals surface area contributed by atoms with Gasteiger partial charge in [0.2, 0.25) is 17.4 Å². The van der Waals surface area contributed by atoms with Gasteiger partial charge in [0.15, 0.2) is 0 Å². The zero-order valence-corrected chi connectivity index (χ0v) is 33.9. The van der Waals surface area contributed by atoms with E-state index in [2.05, 4.69) is 25.8 Å². The number of piperidine rings is 1. The highest BCUT2D eigenvalue weighted by Crippen LogP contribution is 2.29. The van der Waals surface area contributed by atoms with Gasteiger partial charge in [-0.3, -0.25) is 19.7 Å². The fraction of sp³-hybridized carbons (Fsp3) is 0.348. The van der Waals surface area contributed by atoms with Crippen LogP contribution in [0.3, 0.4) is 0 Å². The van der Waals surface area contributed by atoms with Crippen LogP contribution in [-0.4, -0.2) is 102 Å². The summed E-state index contributed by atoms with van der Waals surface area (Å²) in [6, 6.07) is 30.7. The number of aliphatic hydroxyl groups excluding tert-OH is 1. The number of aromatic nitrogens is 1. The van der Waals surface area contributed by atoms with E-state index in [0.717, 1.165) is 24.2 Å². The Morgan fingerprint density at radius 1 is 0.900 bits per heavy atom. The van der Waals surface area contributed by atoms with Crippen molar-refractivity contribution in [1.82, 2.24) is 20.1 Å². The third-order valence-electron chi connectivity index (χ3n) is 10.5. The fourth-order valence-electron chi connectivity index (χ4n) is 7.22. The summed E-state index contributed by atoms with van der Waals surface area (Å²) >= 11 is 0. The van der Waals surface area contributed by atoms with Gasteiger partial charge in [0, 0.05) is 81.4 Å². The SMILES string of the molecule is CN(CCCC(=O)Nc1cccc(OCCCNC[C@H](O)c2ccc(O)c3[nH]c(=O)ccc23)c1)C(=O)CCN1CCC(OC(=O)Nc2ccccc2-c2ccccc2)CC1. The van der Waals surface area contributed by atoms with Crippen LogP contribution in [-0.2, 0) is 14.3 Å². The van der Waals surface area contributed by atoms with Gasteiger partial charge >= 0.3 is 6.09 Å². The number of carbonyl (C=O) groups is 3. The molecule has 1 saturated heterocycles. The number of ether oxygens (including phenoxy) is 2. The second-order valence-electron chi connectivity index (χ2n) is 14.9. The maximum atomic E-state index is 12.9. The molecule has 1 aliphatic rings. The first kappa shape index (κ1) is 43.4. The van der Waals surface area contributed by atoms with Crippen LogP contribution >= 0.6 is 0 Å². The molecule has 5 aromatic rings. The van der Waals surface area contributed by atoms with E-state index in [4.69, 9.17) is 9.47 Å². The van der Waals surface area contributed by atoms with E-state index in [1.54, 1.807) is 42.3 Å². The van der Waals surface area contributed by atoms with Crippen molar-refractivity contribution in [2.24, 2.45) is 0 Å². The molecule has 4 aromatic carbocycles. The molecule has 6 rings (SSSR count). The number of hydrogen-bond acceptors (Lipinski definition) is 10. The zero-order chi connectivity index (χ0) is 42.3. The van der Waals surface area contributed by atoms with E-state index in [0.29, 0.717) is 91.9 Å². The lowest BCUT2D eigenvalue weighted by Gasteiger charge is -2.31. The normalized spacial score (nSPS) is 13.7. The molecular weight excluding hydrogens is 765 g/mol. The molecule has 14 heteroatoms. The Morgan fingerprint density at radius 3 is 2.50 bits per heavy atom. The number of likely N-dealkylation sites (tertiary alicyclic amines) is 1. The van der Waals surface area contributed by atoms with Crippen molar-refractivity contribution in [2.45, 2.75) is 50.7 Å². The van der Waals surface area contributed by atoms with Gasteiger partial charge in [0.1, 0.15) is 17.6 Å². The standard InChI is InChI=1S/C46H54N6O8/c1-51(44(57)23-28-52-26-21-34(22-27-52)60-46(58)49-39-15-6-5-14-36(39)32-10-3-2-4-11-32)25-8-16-42(55)48-33-12-7-13-35(30-33)59-29-9-24-47-31-41(54)37-17-19-40(53)45-38(37)18-20-43(56)50-45/h2-7,10-15,17-20,30,34,41,47,53-54H,8-9,16,21-29,31H2,1H3,(H,48,55)(H,49,58)(H,50,56)/t41-/m0/s1. The minimum Gasteiger partial charge on any atom is -0.506 e. The molecule has 1 aromatic heterocycles. The number of amides is 3. The Hall–Kier alpha value is -6.22. The van der Waals surface area contributed by atoms with Crippen molar-refractivity contribution in [1.29, 1.82) is 0 Å². The monoisotopic (exact) mass is 818 g/mol. The molecular formula is C46H54N6O8. The van der Waals surface area contributed by atoms with Crippen LogP contribution in [0.25, 0.3) is 22.0 Å². The van der Waals surface area contributed by atoms with Crippen molar-refractivity contribution in [3.8, 4) is 22.6 Å². The van der Waals surface area contributed by atoms with Gasteiger partial charge in [0.25, 0.3) is 0 Å². The lowest BCUT2D eigenvalue weighted by Crippen LogP contribution is -2.40. The molecule has 14 nitrogen and oxygen atoms in total. The lowest BCUT2D eigenvalue weighted by molar-refractivity contribution is -0.130. The molecule has 3 amide bonds. The summed E-state index contributed by atoms with van der Waals surface area (Å²) in [5.74, 6) is 0.430. The van der Waals surface area contributed by atoms with E-state index in [-0.39, 0.29) is 42.2 Å². The highest BCUT2D eigenvalue weighted by molar-refractivity contribution is 5.92. The molecule has 0 aliphatic carbocycles. The molecule has 0 spiro atoms. The number of phenols is 1. The number of carbonyl (C=O) groups excluding carboxylic acids is 3. The first-order valence-electron chi connectivity index (χ1n) is 20.5. The third kappa shape index (κ3) is 12.6. The summed E-state index contributed by atoms with van der Waals surface area (Å²) < 4.78 is 11.6. The van der Waals surface area contributed by atoms with E-state index in [9.17, 15) is 29.4 Å². The summed E-state index contributed by atoms with van der Waals surface area (Å²) in [5, 5.41) is 30.4. The first-order chi connectivity index (χ1) is 29.1. The van der Waals surface area contributed by atoms with Crippen LogP contribution in [0.2, 0.25) is 0 Å². The Balaban J connectivity index is 0.811. The Kier molecular flexibility index (Phi) is 15.7. The molecule has 2 heterocycles. The number of aromatic hydroxyl groups is 1. The molecule has 0 unspecified atom stereocenters. The highest BCUT2D eigenvalue weighted by Gasteiger charge is 2.24.